The normalized spacial score (nSPS) is 30.4. The summed E-state index contributed by atoms with van der Waals surface area (Å²) in [7, 11) is 1.88. The number of hydrogen-bond donors (Lipinski definition) is 1. The lowest BCUT2D eigenvalue weighted by Crippen LogP contribution is -2.39. The standard InChI is InChI=1S/C11H18N2OS/c1-10(2)6-11(14,8-15-7-10)9-4-12-13(3)5-9/h4-5,14H,6-8H2,1-3H3. The van der Waals surface area contributed by atoms with Crippen LogP contribution in [0.5, 0.6) is 0 Å². The summed E-state index contributed by atoms with van der Waals surface area (Å²) in [5, 5.41) is 14.7. The molecule has 0 spiro atoms. The van der Waals surface area contributed by atoms with Crippen LogP contribution in [0.2, 0.25) is 0 Å². The molecular weight excluding hydrogens is 208 g/mol. The second-order valence-corrected chi connectivity index (χ2v) is 6.25. The zero-order valence-corrected chi connectivity index (χ0v) is 10.3. The lowest BCUT2D eigenvalue weighted by Gasteiger charge is -2.40. The van der Waals surface area contributed by atoms with Crippen LogP contribution in [0.3, 0.4) is 0 Å². The fraction of sp³-hybridized carbons (Fsp3) is 0.727. The van der Waals surface area contributed by atoms with Crippen LogP contribution in [0.25, 0.3) is 0 Å². The van der Waals surface area contributed by atoms with Gasteiger partial charge in [0.15, 0.2) is 0 Å². The Hall–Kier alpha value is -0.480. The van der Waals surface area contributed by atoms with E-state index in [1.807, 2.05) is 25.0 Å². The van der Waals surface area contributed by atoms with E-state index in [-0.39, 0.29) is 5.41 Å². The van der Waals surface area contributed by atoms with Gasteiger partial charge < -0.3 is 5.11 Å². The summed E-state index contributed by atoms with van der Waals surface area (Å²) in [6, 6.07) is 0. The molecule has 0 aromatic carbocycles. The van der Waals surface area contributed by atoms with Crippen molar-refractivity contribution >= 4 is 11.8 Å². The largest absolute Gasteiger partial charge is 0.384 e. The summed E-state index contributed by atoms with van der Waals surface area (Å²) in [5.41, 5.74) is 0.457. The van der Waals surface area contributed by atoms with Crippen molar-refractivity contribution in [2.45, 2.75) is 25.9 Å². The summed E-state index contributed by atoms with van der Waals surface area (Å²) in [6.45, 7) is 4.42. The first-order valence-electron chi connectivity index (χ1n) is 5.21. The highest BCUT2D eigenvalue weighted by Gasteiger charge is 2.40. The number of thioether (sulfide) groups is 1. The van der Waals surface area contributed by atoms with Gasteiger partial charge in [-0.1, -0.05) is 13.8 Å². The molecule has 1 aromatic heterocycles. The average molecular weight is 226 g/mol. The molecule has 1 unspecified atom stereocenters. The number of rotatable bonds is 1. The van der Waals surface area contributed by atoms with Crippen LogP contribution in [-0.4, -0.2) is 26.4 Å². The SMILES string of the molecule is Cn1cc(C2(O)CSCC(C)(C)C2)cn1. The molecule has 84 valence electrons. The van der Waals surface area contributed by atoms with Crippen LogP contribution in [0.4, 0.5) is 0 Å². The van der Waals surface area contributed by atoms with Gasteiger partial charge in [-0.15, -0.1) is 0 Å². The van der Waals surface area contributed by atoms with Crippen LogP contribution in [0, 0.1) is 5.41 Å². The van der Waals surface area contributed by atoms with Crippen LogP contribution in [0.15, 0.2) is 12.4 Å². The highest BCUT2D eigenvalue weighted by atomic mass is 32.2. The average Bonchev–Trinajstić information content (AvgIpc) is 2.49. The van der Waals surface area contributed by atoms with Crippen molar-refractivity contribution in [3.63, 3.8) is 0 Å². The van der Waals surface area contributed by atoms with E-state index in [4.69, 9.17) is 0 Å². The van der Waals surface area contributed by atoms with Crippen LogP contribution >= 0.6 is 11.8 Å². The molecule has 1 saturated heterocycles. The van der Waals surface area contributed by atoms with Gasteiger partial charge in [-0.05, 0) is 17.6 Å². The van der Waals surface area contributed by atoms with Gasteiger partial charge in [-0.3, -0.25) is 4.68 Å². The summed E-state index contributed by atoms with van der Waals surface area (Å²) < 4.78 is 1.75. The predicted molar refractivity (Wildman–Crippen MR) is 62.8 cm³/mol. The lowest BCUT2D eigenvalue weighted by atomic mass is 9.79. The van der Waals surface area contributed by atoms with Crippen molar-refractivity contribution in [3.8, 4) is 0 Å². The fourth-order valence-electron chi connectivity index (χ4n) is 2.24. The highest BCUT2D eigenvalue weighted by Crippen LogP contribution is 2.44. The molecule has 1 N–H and O–H groups in total. The van der Waals surface area contributed by atoms with Crippen molar-refractivity contribution in [1.29, 1.82) is 0 Å². The molecule has 0 saturated carbocycles. The molecular formula is C11H18N2OS. The smallest absolute Gasteiger partial charge is 0.102 e. The second kappa shape index (κ2) is 3.52. The van der Waals surface area contributed by atoms with Gasteiger partial charge in [0.2, 0.25) is 0 Å². The molecule has 1 aliphatic heterocycles. The number of hydrogen-bond acceptors (Lipinski definition) is 3. The second-order valence-electron chi connectivity index (χ2n) is 5.27. The number of aryl methyl sites for hydroxylation is 1. The van der Waals surface area contributed by atoms with Gasteiger partial charge in [0.25, 0.3) is 0 Å². The first-order chi connectivity index (χ1) is 6.91. The van der Waals surface area contributed by atoms with E-state index < -0.39 is 5.60 Å². The van der Waals surface area contributed by atoms with Gasteiger partial charge in [0, 0.05) is 24.6 Å². The monoisotopic (exact) mass is 226 g/mol. The molecule has 1 aliphatic rings. The Morgan fingerprint density at radius 3 is 2.73 bits per heavy atom. The Labute approximate surface area is 94.9 Å². The van der Waals surface area contributed by atoms with Crippen molar-refractivity contribution in [2.24, 2.45) is 12.5 Å². The maximum atomic E-state index is 10.6. The molecule has 1 fully saturated rings. The minimum atomic E-state index is -0.694. The van der Waals surface area contributed by atoms with E-state index in [1.165, 1.54) is 0 Å². The van der Waals surface area contributed by atoms with Gasteiger partial charge in [0.05, 0.1) is 6.20 Å². The maximum absolute atomic E-state index is 10.6. The summed E-state index contributed by atoms with van der Waals surface area (Å²) in [5.74, 6) is 1.90. The predicted octanol–water partition coefficient (Wildman–Crippen LogP) is 1.77. The van der Waals surface area contributed by atoms with Gasteiger partial charge in [-0.2, -0.15) is 16.9 Å². The molecule has 2 rings (SSSR count). The first-order valence-corrected chi connectivity index (χ1v) is 6.36. The molecule has 0 radical (unpaired) electrons. The van der Waals surface area contributed by atoms with E-state index >= 15 is 0 Å². The highest BCUT2D eigenvalue weighted by molar-refractivity contribution is 7.99. The first kappa shape index (κ1) is 11.0. The Bertz CT molecular complexity index is 361. The Morgan fingerprint density at radius 1 is 1.47 bits per heavy atom. The minimum Gasteiger partial charge on any atom is -0.384 e. The number of aliphatic hydroxyl groups is 1. The molecule has 15 heavy (non-hydrogen) atoms. The van der Waals surface area contributed by atoms with E-state index in [0.717, 1.165) is 23.5 Å². The molecule has 4 heteroatoms. The topological polar surface area (TPSA) is 38.0 Å². The van der Waals surface area contributed by atoms with Crippen LogP contribution < -0.4 is 0 Å². The third-order valence-corrected chi connectivity index (χ3v) is 4.51. The lowest BCUT2D eigenvalue weighted by molar-refractivity contribution is 0.0156. The molecule has 2 heterocycles. The summed E-state index contributed by atoms with van der Waals surface area (Å²) in [4.78, 5) is 0. The van der Waals surface area contributed by atoms with E-state index in [1.54, 1.807) is 10.9 Å². The zero-order chi connectivity index (χ0) is 11.1. The Kier molecular flexibility index (Phi) is 2.59. The van der Waals surface area contributed by atoms with E-state index in [0.29, 0.717) is 0 Å². The van der Waals surface area contributed by atoms with Crippen molar-refractivity contribution in [1.82, 2.24) is 9.78 Å². The Morgan fingerprint density at radius 2 is 2.20 bits per heavy atom. The van der Waals surface area contributed by atoms with Crippen molar-refractivity contribution < 1.29 is 5.11 Å². The van der Waals surface area contributed by atoms with Gasteiger partial charge in [-0.25, -0.2) is 0 Å². The molecule has 0 bridgehead atoms. The number of nitrogens with zero attached hydrogens (tertiary/aromatic N) is 2. The number of aromatic nitrogens is 2. The van der Waals surface area contributed by atoms with Crippen molar-refractivity contribution in [3.05, 3.63) is 18.0 Å². The van der Waals surface area contributed by atoms with E-state index in [2.05, 4.69) is 18.9 Å². The van der Waals surface area contributed by atoms with Crippen molar-refractivity contribution in [2.75, 3.05) is 11.5 Å². The van der Waals surface area contributed by atoms with Crippen LogP contribution in [0.1, 0.15) is 25.8 Å². The molecule has 3 nitrogen and oxygen atoms in total. The fourth-order valence-corrected chi connectivity index (χ4v) is 3.60. The summed E-state index contributed by atoms with van der Waals surface area (Å²) in [6.07, 6.45) is 4.52. The third-order valence-electron chi connectivity index (χ3n) is 2.85. The maximum Gasteiger partial charge on any atom is 0.102 e. The zero-order valence-electron chi connectivity index (χ0n) is 9.53. The molecule has 0 amide bonds. The summed E-state index contributed by atoms with van der Waals surface area (Å²) >= 11 is 1.83. The molecule has 1 aromatic rings. The third kappa shape index (κ3) is 2.21. The van der Waals surface area contributed by atoms with E-state index in [9.17, 15) is 5.11 Å². The van der Waals surface area contributed by atoms with Gasteiger partial charge in [0.1, 0.15) is 5.60 Å². The van der Waals surface area contributed by atoms with Crippen LogP contribution in [-0.2, 0) is 12.6 Å². The van der Waals surface area contributed by atoms with Gasteiger partial charge >= 0.3 is 0 Å². The molecule has 0 aliphatic carbocycles. The quantitative estimate of drug-likeness (QED) is 0.793. The minimum absolute atomic E-state index is 0.202. The Balaban J connectivity index is 2.26. The molecule has 1 atom stereocenters.